The number of benzene rings is 1. The van der Waals surface area contributed by atoms with Crippen LogP contribution >= 0.6 is 15.9 Å². The Bertz CT molecular complexity index is 512. The van der Waals surface area contributed by atoms with Crippen molar-refractivity contribution in [3.63, 3.8) is 0 Å². The highest BCUT2D eigenvalue weighted by Crippen LogP contribution is 2.27. The average molecular weight is 292 g/mol. The van der Waals surface area contributed by atoms with Crippen molar-refractivity contribution in [2.24, 2.45) is 5.73 Å². The highest BCUT2D eigenvalue weighted by Gasteiger charge is 2.07. The fourth-order valence-electron chi connectivity index (χ4n) is 1.61. The maximum Gasteiger partial charge on any atom is 0.144 e. The van der Waals surface area contributed by atoms with Crippen LogP contribution in [0.5, 0.6) is 0 Å². The third-order valence-electron chi connectivity index (χ3n) is 2.46. The van der Waals surface area contributed by atoms with E-state index < -0.39 is 0 Å². The Kier molecular flexibility index (Phi) is 3.76. The van der Waals surface area contributed by atoms with Crippen LogP contribution in [0, 0.1) is 0 Å². The van der Waals surface area contributed by atoms with E-state index in [1.807, 2.05) is 43.3 Å². The molecule has 0 saturated heterocycles. The molecule has 3 N–H and O–H groups in total. The molecule has 0 bridgehead atoms. The maximum atomic E-state index is 5.93. The van der Waals surface area contributed by atoms with E-state index in [0.717, 1.165) is 21.5 Å². The Morgan fingerprint density at radius 3 is 2.71 bits per heavy atom. The fraction of sp³-hybridized carbons (Fsp3) is 0.154. The summed E-state index contributed by atoms with van der Waals surface area (Å²) < 4.78 is 0.930. The first-order chi connectivity index (χ1) is 8.18. The summed E-state index contributed by atoms with van der Waals surface area (Å²) in [5.74, 6) is 0.792. The van der Waals surface area contributed by atoms with Crippen LogP contribution in [0.25, 0.3) is 0 Å². The van der Waals surface area contributed by atoms with Crippen LogP contribution in [-0.4, -0.2) is 4.98 Å². The molecule has 0 radical (unpaired) electrons. The van der Waals surface area contributed by atoms with Gasteiger partial charge in [0.25, 0.3) is 0 Å². The van der Waals surface area contributed by atoms with Crippen LogP contribution in [0.15, 0.2) is 47.1 Å². The van der Waals surface area contributed by atoms with Gasteiger partial charge >= 0.3 is 0 Å². The van der Waals surface area contributed by atoms with E-state index in [0.29, 0.717) is 0 Å². The summed E-state index contributed by atoms with van der Waals surface area (Å²) in [4.78, 5) is 4.28. The summed E-state index contributed by atoms with van der Waals surface area (Å²) in [5.41, 5.74) is 8.00. The minimum Gasteiger partial charge on any atom is -0.339 e. The number of anilines is 2. The number of nitrogens with two attached hydrogens (primary N) is 1. The molecule has 0 saturated carbocycles. The minimum atomic E-state index is -0.0128. The topological polar surface area (TPSA) is 50.9 Å². The molecule has 2 aromatic rings. The molecule has 1 unspecified atom stereocenters. The van der Waals surface area contributed by atoms with Gasteiger partial charge in [0.1, 0.15) is 5.82 Å². The van der Waals surface area contributed by atoms with Gasteiger partial charge in [0.15, 0.2) is 0 Å². The van der Waals surface area contributed by atoms with Crippen molar-refractivity contribution >= 4 is 27.4 Å². The molecule has 1 aromatic heterocycles. The first-order valence-corrected chi connectivity index (χ1v) is 6.20. The predicted octanol–water partition coefficient (Wildman–Crippen LogP) is 3.61. The van der Waals surface area contributed by atoms with Crippen molar-refractivity contribution < 1.29 is 0 Å². The lowest BCUT2D eigenvalue weighted by Crippen LogP contribution is -2.08. The molecule has 2 rings (SSSR count). The van der Waals surface area contributed by atoms with E-state index in [-0.39, 0.29) is 6.04 Å². The van der Waals surface area contributed by atoms with Gasteiger partial charge in [-0.2, -0.15) is 0 Å². The van der Waals surface area contributed by atoms with Gasteiger partial charge in [0.05, 0.1) is 4.47 Å². The van der Waals surface area contributed by atoms with Crippen molar-refractivity contribution in [3.05, 3.63) is 52.6 Å². The maximum absolute atomic E-state index is 5.93. The van der Waals surface area contributed by atoms with Crippen molar-refractivity contribution in [2.75, 3.05) is 5.32 Å². The number of nitrogens with zero attached hydrogens (tertiary/aromatic N) is 1. The van der Waals surface area contributed by atoms with Gasteiger partial charge in [-0.3, -0.25) is 0 Å². The molecule has 3 nitrogen and oxygen atoms in total. The highest BCUT2D eigenvalue weighted by molar-refractivity contribution is 9.10. The van der Waals surface area contributed by atoms with Crippen LogP contribution < -0.4 is 11.1 Å². The Labute approximate surface area is 109 Å². The van der Waals surface area contributed by atoms with Gasteiger partial charge < -0.3 is 11.1 Å². The third kappa shape index (κ3) is 2.84. The van der Waals surface area contributed by atoms with Gasteiger partial charge in [-0.15, -0.1) is 0 Å². The molecule has 1 heterocycles. The van der Waals surface area contributed by atoms with E-state index in [1.165, 1.54) is 0 Å². The molecule has 0 spiro atoms. The van der Waals surface area contributed by atoms with Crippen LogP contribution in [0.1, 0.15) is 18.5 Å². The number of nitrogens with one attached hydrogen (secondary N) is 1. The number of para-hydroxylation sites is 1. The van der Waals surface area contributed by atoms with Gasteiger partial charge in [-0.25, -0.2) is 4.98 Å². The molecule has 0 fully saturated rings. The summed E-state index contributed by atoms with van der Waals surface area (Å²) in [5, 5.41) is 3.28. The van der Waals surface area contributed by atoms with Crippen LogP contribution in [0.4, 0.5) is 11.5 Å². The zero-order valence-electron chi connectivity index (χ0n) is 9.52. The lowest BCUT2D eigenvalue weighted by Gasteiger charge is -2.14. The van der Waals surface area contributed by atoms with Gasteiger partial charge in [-0.05, 0) is 46.6 Å². The van der Waals surface area contributed by atoms with Gasteiger partial charge in [-0.1, -0.05) is 18.2 Å². The molecular formula is C13H14BrN3. The van der Waals surface area contributed by atoms with Crippen LogP contribution in [0.3, 0.4) is 0 Å². The number of hydrogen-bond donors (Lipinski definition) is 2. The van der Waals surface area contributed by atoms with Gasteiger partial charge in [0.2, 0.25) is 0 Å². The number of pyridine rings is 1. The van der Waals surface area contributed by atoms with Crippen LogP contribution in [-0.2, 0) is 0 Å². The molecule has 0 aliphatic rings. The summed E-state index contributed by atoms with van der Waals surface area (Å²) in [7, 11) is 0. The normalized spacial score (nSPS) is 12.2. The molecular weight excluding hydrogens is 278 g/mol. The Morgan fingerprint density at radius 1 is 1.24 bits per heavy atom. The number of rotatable bonds is 3. The average Bonchev–Trinajstić information content (AvgIpc) is 2.32. The number of aromatic nitrogens is 1. The largest absolute Gasteiger partial charge is 0.339 e. The Hall–Kier alpha value is -1.39. The Morgan fingerprint density at radius 2 is 2.00 bits per heavy atom. The smallest absolute Gasteiger partial charge is 0.144 e. The molecule has 0 amide bonds. The molecule has 0 aliphatic heterocycles. The zero-order valence-corrected chi connectivity index (χ0v) is 11.1. The lowest BCUT2D eigenvalue weighted by molar-refractivity contribution is 0.820. The van der Waals surface area contributed by atoms with E-state index in [2.05, 4.69) is 26.2 Å². The van der Waals surface area contributed by atoms with E-state index >= 15 is 0 Å². The first-order valence-electron chi connectivity index (χ1n) is 5.40. The second-order valence-electron chi connectivity index (χ2n) is 3.83. The third-order valence-corrected chi connectivity index (χ3v) is 3.10. The lowest BCUT2D eigenvalue weighted by atomic mass is 10.1. The second kappa shape index (κ2) is 5.29. The number of hydrogen-bond acceptors (Lipinski definition) is 3. The van der Waals surface area contributed by atoms with E-state index in [4.69, 9.17) is 5.73 Å². The highest BCUT2D eigenvalue weighted by atomic mass is 79.9. The SMILES string of the molecule is CC(N)c1ccccc1Nc1ncccc1Br. The molecule has 17 heavy (non-hydrogen) atoms. The summed E-state index contributed by atoms with van der Waals surface area (Å²) in [6.07, 6.45) is 1.75. The monoisotopic (exact) mass is 291 g/mol. The van der Waals surface area contributed by atoms with Crippen molar-refractivity contribution in [1.82, 2.24) is 4.98 Å². The van der Waals surface area contributed by atoms with Crippen LogP contribution in [0.2, 0.25) is 0 Å². The summed E-state index contributed by atoms with van der Waals surface area (Å²) in [6.45, 7) is 1.97. The minimum absolute atomic E-state index is 0.0128. The van der Waals surface area contributed by atoms with Gasteiger partial charge in [0, 0.05) is 17.9 Å². The Balaban J connectivity index is 2.34. The molecule has 0 aliphatic carbocycles. The fourth-order valence-corrected chi connectivity index (χ4v) is 1.97. The predicted molar refractivity (Wildman–Crippen MR) is 74.3 cm³/mol. The molecule has 1 atom stereocenters. The first kappa shape index (κ1) is 12.1. The zero-order chi connectivity index (χ0) is 12.3. The standard InChI is InChI=1S/C13H14BrN3/c1-9(15)10-5-2-3-7-12(10)17-13-11(14)6-4-8-16-13/h2-9H,15H2,1H3,(H,16,17). The number of halogens is 1. The van der Waals surface area contributed by atoms with E-state index in [1.54, 1.807) is 6.20 Å². The van der Waals surface area contributed by atoms with Crippen molar-refractivity contribution in [1.29, 1.82) is 0 Å². The molecule has 88 valence electrons. The molecule has 4 heteroatoms. The van der Waals surface area contributed by atoms with E-state index in [9.17, 15) is 0 Å². The molecule has 1 aromatic carbocycles. The van der Waals surface area contributed by atoms with Crippen molar-refractivity contribution in [2.45, 2.75) is 13.0 Å². The second-order valence-corrected chi connectivity index (χ2v) is 4.69. The summed E-state index contributed by atoms with van der Waals surface area (Å²) >= 11 is 3.46. The summed E-state index contributed by atoms with van der Waals surface area (Å²) in [6, 6.07) is 11.8. The quantitative estimate of drug-likeness (QED) is 0.908. The van der Waals surface area contributed by atoms with Crippen molar-refractivity contribution in [3.8, 4) is 0 Å².